The summed E-state index contributed by atoms with van der Waals surface area (Å²) in [4.78, 5) is 39.8. The molecule has 0 aromatic carbocycles. The van der Waals surface area contributed by atoms with Crippen molar-refractivity contribution in [1.82, 2.24) is 25.8 Å². The van der Waals surface area contributed by atoms with Crippen molar-refractivity contribution in [3.05, 3.63) is 23.4 Å². The number of hydrogen-bond acceptors (Lipinski definition) is 3. The Kier molecular flexibility index (Phi) is 6.36. The highest BCUT2D eigenvalue weighted by atomic mass is 16.2. The standard InChI is InChI=1S/C19H29N5O3/c1-20-17(25)13-21-18(26)23-10-8-15(9-11-23)24-12-7-14-5-3-2-4-6-16(14)22-19(24)27/h4,6,15H,2-3,5,7-13H2,1H3,(H,20,25)(H,21,26)(H,22,27). The van der Waals surface area contributed by atoms with E-state index in [-0.39, 0.29) is 30.6 Å². The Labute approximate surface area is 160 Å². The summed E-state index contributed by atoms with van der Waals surface area (Å²) < 4.78 is 0. The number of urea groups is 2. The van der Waals surface area contributed by atoms with E-state index >= 15 is 0 Å². The van der Waals surface area contributed by atoms with Crippen molar-refractivity contribution in [2.45, 2.75) is 44.6 Å². The Hall–Kier alpha value is -2.51. The van der Waals surface area contributed by atoms with Gasteiger partial charge in [0.2, 0.25) is 5.91 Å². The molecular formula is C19H29N5O3. The number of amides is 5. The van der Waals surface area contributed by atoms with Crippen LogP contribution in [0.5, 0.6) is 0 Å². The van der Waals surface area contributed by atoms with Gasteiger partial charge in [-0.05, 0) is 50.2 Å². The monoisotopic (exact) mass is 375 g/mol. The summed E-state index contributed by atoms with van der Waals surface area (Å²) in [6.45, 7) is 1.88. The maximum Gasteiger partial charge on any atom is 0.322 e. The van der Waals surface area contributed by atoms with Crippen LogP contribution in [0.4, 0.5) is 9.59 Å². The number of piperidine rings is 1. The second kappa shape index (κ2) is 8.92. The first-order valence-electron chi connectivity index (χ1n) is 9.78. The molecule has 1 saturated heterocycles. The van der Waals surface area contributed by atoms with Crippen molar-refractivity contribution in [3.63, 3.8) is 0 Å². The number of allylic oxidation sites excluding steroid dienone is 2. The molecule has 2 aliphatic heterocycles. The summed E-state index contributed by atoms with van der Waals surface area (Å²) >= 11 is 0. The molecule has 0 aromatic rings. The van der Waals surface area contributed by atoms with E-state index in [0.29, 0.717) is 13.1 Å². The van der Waals surface area contributed by atoms with Crippen LogP contribution < -0.4 is 16.0 Å². The van der Waals surface area contributed by atoms with Crippen LogP contribution in [0, 0.1) is 0 Å². The van der Waals surface area contributed by atoms with Crippen LogP contribution >= 0.6 is 0 Å². The first kappa shape index (κ1) is 19.3. The van der Waals surface area contributed by atoms with Crippen molar-refractivity contribution in [3.8, 4) is 0 Å². The number of likely N-dealkylation sites (tertiary alicyclic amines) is 1. The summed E-state index contributed by atoms with van der Waals surface area (Å²) in [6.07, 6.45) is 9.83. The summed E-state index contributed by atoms with van der Waals surface area (Å²) in [6, 6.07) is -0.120. The summed E-state index contributed by atoms with van der Waals surface area (Å²) in [5.74, 6) is -0.221. The van der Waals surface area contributed by atoms with Crippen molar-refractivity contribution >= 4 is 18.0 Å². The van der Waals surface area contributed by atoms with Gasteiger partial charge in [0.05, 0.1) is 6.54 Å². The Morgan fingerprint density at radius 2 is 2.00 bits per heavy atom. The van der Waals surface area contributed by atoms with Crippen LogP contribution in [0.2, 0.25) is 0 Å². The zero-order valence-corrected chi connectivity index (χ0v) is 15.9. The first-order valence-corrected chi connectivity index (χ1v) is 9.78. The predicted octanol–water partition coefficient (Wildman–Crippen LogP) is 1.32. The Morgan fingerprint density at radius 1 is 1.22 bits per heavy atom. The van der Waals surface area contributed by atoms with Crippen LogP contribution in [-0.4, -0.2) is 67.0 Å². The van der Waals surface area contributed by atoms with E-state index in [0.717, 1.165) is 50.8 Å². The molecule has 0 aromatic heterocycles. The maximum atomic E-state index is 12.7. The predicted molar refractivity (Wildman–Crippen MR) is 102 cm³/mol. The quantitative estimate of drug-likeness (QED) is 0.694. The molecule has 0 unspecified atom stereocenters. The fourth-order valence-electron chi connectivity index (χ4n) is 3.91. The smallest absolute Gasteiger partial charge is 0.322 e. The molecule has 8 nitrogen and oxygen atoms in total. The summed E-state index contributed by atoms with van der Waals surface area (Å²) in [5, 5.41) is 8.18. The van der Waals surface area contributed by atoms with Gasteiger partial charge >= 0.3 is 12.1 Å². The number of rotatable bonds is 3. The highest BCUT2D eigenvalue weighted by molar-refractivity contribution is 5.83. The number of likely N-dealkylation sites (N-methyl/N-ethyl adjacent to an activating group) is 1. The first-order chi connectivity index (χ1) is 13.1. The third-order valence-electron chi connectivity index (χ3n) is 5.54. The highest BCUT2D eigenvalue weighted by Gasteiger charge is 2.31. The lowest BCUT2D eigenvalue weighted by Gasteiger charge is -2.38. The van der Waals surface area contributed by atoms with Gasteiger partial charge in [-0.15, -0.1) is 0 Å². The molecule has 0 radical (unpaired) electrons. The minimum Gasteiger partial charge on any atom is -0.358 e. The molecule has 3 N–H and O–H groups in total. The van der Waals surface area contributed by atoms with Crippen LogP contribution in [0.1, 0.15) is 38.5 Å². The van der Waals surface area contributed by atoms with E-state index in [1.165, 1.54) is 12.6 Å². The van der Waals surface area contributed by atoms with E-state index in [2.05, 4.69) is 22.0 Å². The van der Waals surface area contributed by atoms with Crippen LogP contribution in [0.15, 0.2) is 23.4 Å². The van der Waals surface area contributed by atoms with Gasteiger partial charge in [0.1, 0.15) is 0 Å². The van der Waals surface area contributed by atoms with Crippen LogP contribution in [0.3, 0.4) is 0 Å². The van der Waals surface area contributed by atoms with Crippen LogP contribution in [0.25, 0.3) is 0 Å². The van der Waals surface area contributed by atoms with E-state index in [9.17, 15) is 14.4 Å². The molecule has 1 fully saturated rings. The topological polar surface area (TPSA) is 93.8 Å². The molecule has 0 saturated carbocycles. The second-order valence-electron chi connectivity index (χ2n) is 7.24. The molecule has 3 aliphatic rings. The lowest BCUT2D eigenvalue weighted by molar-refractivity contribution is -0.119. The lowest BCUT2D eigenvalue weighted by Crippen LogP contribution is -2.53. The van der Waals surface area contributed by atoms with Gasteiger partial charge in [0.25, 0.3) is 0 Å². The molecule has 8 heteroatoms. The fourth-order valence-corrected chi connectivity index (χ4v) is 3.91. The fraction of sp³-hybridized carbons (Fsp3) is 0.632. The summed E-state index contributed by atoms with van der Waals surface area (Å²) in [5.41, 5.74) is 2.32. The summed E-state index contributed by atoms with van der Waals surface area (Å²) in [7, 11) is 1.54. The van der Waals surface area contributed by atoms with Crippen LogP contribution in [-0.2, 0) is 4.79 Å². The third-order valence-corrected chi connectivity index (χ3v) is 5.54. The van der Waals surface area contributed by atoms with Gasteiger partial charge < -0.3 is 25.8 Å². The van der Waals surface area contributed by atoms with Gasteiger partial charge in [0, 0.05) is 38.4 Å². The average Bonchev–Trinajstić information content (AvgIpc) is 2.99. The number of nitrogens with zero attached hydrogens (tertiary/aromatic N) is 2. The van der Waals surface area contributed by atoms with Gasteiger partial charge in [-0.3, -0.25) is 4.79 Å². The molecular weight excluding hydrogens is 346 g/mol. The third kappa shape index (κ3) is 4.81. The van der Waals surface area contributed by atoms with Crippen molar-refractivity contribution < 1.29 is 14.4 Å². The Bertz CT molecular complexity index is 650. The number of hydrogen-bond donors (Lipinski definition) is 3. The molecule has 3 rings (SSSR count). The largest absolute Gasteiger partial charge is 0.358 e. The van der Waals surface area contributed by atoms with Gasteiger partial charge in [-0.25, -0.2) is 9.59 Å². The van der Waals surface area contributed by atoms with Crippen molar-refractivity contribution in [2.24, 2.45) is 0 Å². The Morgan fingerprint density at radius 3 is 2.74 bits per heavy atom. The zero-order chi connectivity index (χ0) is 19.2. The maximum absolute atomic E-state index is 12.7. The van der Waals surface area contributed by atoms with E-state index < -0.39 is 0 Å². The molecule has 2 heterocycles. The molecule has 148 valence electrons. The number of nitrogens with one attached hydrogen (secondary N) is 3. The minimum atomic E-state index is -0.226. The average molecular weight is 375 g/mol. The SMILES string of the molecule is CNC(=O)CNC(=O)N1CCC(N2CCC3=C(C=CCCC3)NC2=O)CC1. The van der Waals surface area contributed by atoms with Gasteiger partial charge in [-0.1, -0.05) is 6.08 Å². The Balaban J connectivity index is 1.51. The lowest BCUT2D eigenvalue weighted by atomic mass is 10.0. The van der Waals surface area contributed by atoms with E-state index in [4.69, 9.17) is 0 Å². The van der Waals surface area contributed by atoms with E-state index in [1.807, 2.05) is 11.0 Å². The normalized spacial score (nSPS) is 21.1. The van der Waals surface area contributed by atoms with Gasteiger partial charge in [0.15, 0.2) is 0 Å². The zero-order valence-electron chi connectivity index (χ0n) is 15.9. The van der Waals surface area contributed by atoms with Crippen molar-refractivity contribution in [2.75, 3.05) is 33.2 Å². The van der Waals surface area contributed by atoms with E-state index in [1.54, 1.807) is 4.90 Å². The molecule has 5 amide bonds. The molecule has 1 aliphatic carbocycles. The minimum absolute atomic E-state index is 0.0193. The highest BCUT2D eigenvalue weighted by Crippen LogP contribution is 2.26. The van der Waals surface area contributed by atoms with Gasteiger partial charge in [-0.2, -0.15) is 0 Å². The number of carbonyl (C=O) groups excluding carboxylic acids is 3. The van der Waals surface area contributed by atoms with Crippen molar-refractivity contribution in [1.29, 1.82) is 0 Å². The second-order valence-corrected chi connectivity index (χ2v) is 7.24. The molecule has 27 heavy (non-hydrogen) atoms. The molecule has 0 atom stereocenters. The number of carbonyl (C=O) groups is 3. The molecule has 0 bridgehead atoms. The molecule has 0 spiro atoms.